The summed E-state index contributed by atoms with van der Waals surface area (Å²) in [6.45, 7) is 3.53. The van der Waals surface area contributed by atoms with E-state index in [-0.39, 0.29) is 25.6 Å². The molecule has 0 bridgehead atoms. The summed E-state index contributed by atoms with van der Waals surface area (Å²) in [5.74, 6) is -0.384. The molecule has 0 spiro atoms. The molecule has 2 aliphatic rings. The van der Waals surface area contributed by atoms with Crippen LogP contribution in [-0.2, 0) is 33.2 Å². The summed E-state index contributed by atoms with van der Waals surface area (Å²) >= 11 is 0. The summed E-state index contributed by atoms with van der Waals surface area (Å²) in [5, 5.41) is 72.4. The maximum Gasteiger partial charge on any atom is 0.306 e. The molecule has 0 radical (unpaired) electrons. The Morgan fingerprint density at radius 2 is 0.867 bits per heavy atom. The van der Waals surface area contributed by atoms with E-state index in [0.717, 1.165) is 89.9 Å². The van der Waals surface area contributed by atoms with Crippen LogP contribution < -0.4 is 0 Å². The molecule has 0 aromatic heterocycles. The Morgan fingerprint density at radius 3 is 1.36 bits per heavy atom. The molecule has 2 heterocycles. The third kappa shape index (κ3) is 34.1. The molecule has 75 heavy (non-hydrogen) atoms. The smallest absolute Gasteiger partial charge is 0.306 e. The Kier molecular flexibility index (Phi) is 43.3. The van der Waals surface area contributed by atoms with E-state index in [2.05, 4.69) is 86.8 Å². The molecule has 0 aromatic rings. The number of carbonyl (C=O) groups excluding carboxylic acids is 1. The molecule has 2 fully saturated rings. The number of hydrogen-bond acceptors (Lipinski definition) is 14. The molecule has 11 atom stereocenters. The monoisotopic (exact) mass is 1060 g/mol. The van der Waals surface area contributed by atoms with Gasteiger partial charge in [0.15, 0.2) is 12.6 Å². The molecule has 7 N–H and O–H groups in total. The first-order valence-corrected chi connectivity index (χ1v) is 29.5. The van der Waals surface area contributed by atoms with Crippen molar-refractivity contribution in [2.45, 2.75) is 274 Å². The van der Waals surface area contributed by atoms with Crippen LogP contribution in [0, 0.1) is 0 Å². The second-order valence-corrected chi connectivity index (χ2v) is 20.4. The topological polar surface area (TPSA) is 214 Å². The molecule has 2 aliphatic heterocycles. The van der Waals surface area contributed by atoms with Gasteiger partial charge in [-0.15, -0.1) is 0 Å². The lowest BCUT2D eigenvalue weighted by atomic mass is 9.98. The van der Waals surface area contributed by atoms with E-state index in [1.54, 1.807) is 0 Å². The van der Waals surface area contributed by atoms with Gasteiger partial charge in [0, 0.05) is 13.0 Å². The number of allylic oxidation sites excluding steroid dienone is 12. The normalized spacial score (nSPS) is 25.1. The van der Waals surface area contributed by atoms with Gasteiger partial charge in [-0.25, -0.2) is 0 Å². The number of ether oxygens (including phenoxy) is 6. The van der Waals surface area contributed by atoms with Gasteiger partial charge in [-0.3, -0.25) is 4.79 Å². The zero-order chi connectivity index (χ0) is 54.4. The van der Waals surface area contributed by atoms with Crippen LogP contribution in [0.2, 0.25) is 0 Å². The first kappa shape index (κ1) is 68.5. The highest BCUT2D eigenvalue weighted by molar-refractivity contribution is 5.69. The number of esters is 1. The van der Waals surface area contributed by atoms with Crippen molar-refractivity contribution in [2.24, 2.45) is 0 Å². The van der Waals surface area contributed by atoms with Gasteiger partial charge < -0.3 is 64.2 Å². The van der Waals surface area contributed by atoms with E-state index in [1.165, 1.54) is 89.9 Å². The Morgan fingerprint density at radius 1 is 0.453 bits per heavy atom. The van der Waals surface area contributed by atoms with Crippen LogP contribution in [0.5, 0.6) is 0 Å². The van der Waals surface area contributed by atoms with Crippen LogP contribution in [-0.4, -0.2) is 142 Å². The van der Waals surface area contributed by atoms with Crippen molar-refractivity contribution in [3.05, 3.63) is 72.9 Å². The highest BCUT2D eigenvalue weighted by atomic mass is 16.7. The minimum atomic E-state index is -1.71. The van der Waals surface area contributed by atoms with E-state index in [1.807, 2.05) is 0 Å². The Bertz CT molecular complexity index is 1510. The summed E-state index contributed by atoms with van der Waals surface area (Å²) in [5.41, 5.74) is 0. The summed E-state index contributed by atoms with van der Waals surface area (Å²) in [6.07, 6.45) is 43.9. The summed E-state index contributed by atoms with van der Waals surface area (Å²) in [7, 11) is 0. The number of rotatable bonds is 47. The van der Waals surface area contributed by atoms with Crippen molar-refractivity contribution in [2.75, 3.05) is 33.0 Å². The zero-order valence-electron chi connectivity index (χ0n) is 46.5. The molecule has 2 saturated heterocycles. The summed E-state index contributed by atoms with van der Waals surface area (Å²) < 4.78 is 34.4. The van der Waals surface area contributed by atoms with Gasteiger partial charge in [-0.1, -0.05) is 189 Å². The van der Waals surface area contributed by atoms with Crippen LogP contribution in [0.4, 0.5) is 0 Å². The number of aliphatic hydroxyl groups excluding tert-OH is 7. The number of hydrogen-bond donors (Lipinski definition) is 7. The maximum atomic E-state index is 13.1. The van der Waals surface area contributed by atoms with E-state index in [4.69, 9.17) is 28.4 Å². The second kappa shape index (κ2) is 47.4. The van der Waals surface area contributed by atoms with Crippen LogP contribution in [0.15, 0.2) is 72.9 Å². The molecule has 14 heteroatoms. The predicted molar refractivity (Wildman–Crippen MR) is 298 cm³/mol. The lowest BCUT2D eigenvalue weighted by Crippen LogP contribution is -2.61. The number of aliphatic hydroxyl groups is 7. The summed E-state index contributed by atoms with van der Waals surface area (Å²) in [6, 6.07) is 0. The van der Waals surface area contributed by atoms with Crippen molar-refractivity contribution in [3.63, 3.8) is 0 Å². The highest BCUT2D eigenvalue weighted by Crippen LogP contribution is 2.27. The molecule has 0 aliphatic carbocycles. The predicted octanol–water partition coefficient (Wildman–Crippen LogP) is 10.6. The third-order valence-corrected chi connectivity index (χ3v) is 13.7. The van der Waals surface area contributed by atoms with Gasteiger partial charge >= 0.3 is 5.97 Å². The lowest BCUT2D eigenvalue weighted by molar-refractivity contribution is -0.332. The van der Waals surface area contributed by atoms with Crippen LogP contribution in [0.25, 0.3) is 0 Å². The Hall–Kier alpha value is -2.57. The van der Waals surface area contributed by atoms with Gasteiger partial charge in [0.05, 0.1) is 26.4 Å². The Balaban J connectivity index is 1.70. The Labute approximate surface area is 453 Å². The van der Waals surface area contributed by atoms with Gasteiger partial charge in [-0.05, 0) is 83.5 Å². The highest BCUT2D eigenvalue weighted by Gasteiger charge is 2.47. The van der Waals surface area contributed by atoms with Crippen molar-refractivity contribution < 1.29 is 69.0 Å². The molecular formula is C61H106O14. The van der Waals surface area contributed by atoms with E-state index in [0.29, 0.717) is 13.0 Å². The van der Waals surface area contributed by atoms with E-state index in [9.17, 15) is 40.5 Å². The molecule has 14 nitrogen and oxygen atoms in total. The average molecular weight is 1060 g/mol. The van der Waals surface area contributed by atoms with Crippen LogP contribution in [0.1, 0.15) is 206 Å². The fraction of sp³-hybridized carbons (Fsp3) is 0.787. The molecule has 2 rings (SSSR count). The largest absolute Gasteiger partial charge is 0.457 e. The molecule has 0 saturated carbocycles. The molecular weight excluding hydrogens is 957 g/mol. The first-order valence-electron chi connectivity index (χ1n) is 29.5. The van der Waals surface area contributed by atoms with Gasteiger partial charge in [-0.2, -0.15) is 0 Å². The van der Waals surface area contributed by atoms with Gasteiger partial charge in [0.1, 0.15) is 54.9 Å². The number of carbonyl (C=O) groups is 1. The van der Waals surface area contributed by atoms with Crippen molar-refractivity contribution in [1.29, 1.82) is 0 Å². The fourth-order valence-electron chi connectivity index (χ4n) is 8.95. The molecule has 0 aromatic carbocycles. The molecule has 11 unspecified atom stereocenters. The standard InChI is InChI=1S/C61H106O14/c1-3-5-7-9-11-13-15-17-19-21-22-23-24-25-26-27-28-29-30-32-34-36-38-40-42-44-53(63)73-50(47-70-45-43-41-39-37-35-33-31-20-18-16-14-12-10-8-6-4-2)48-71-60-59(69)57(67)55(65)52(75-60)49-72-61-58(68)56(66)54(64)51(46-62)74-61/h5,7,11-14,17-20,22-23,50-52,54-62,64-69H,3-4,6,8-10,15-16,21,24-49H2,1-2H3/b7-5-,13-11-,14-12-,19-17-,20-18-,23-22-. The minimum absolute atomic E-state index is 0.0513. The maximum absolute atomic E-state index is 13.1. The molecule has 434 valence electrons. The van der Waals surface area contributed by atoms with Crippen LogP contribution in [0.3, 0.4) is 0 Å². The van der Waals surface area contributed by atoms with E-state index < -0.39 is 80.7 Å². The first-order chi connectivity index (χ1) is 36.6. The van der Waals surface area contributed by atoms with Gasteiger partial charge in [0.25, 0.3) is 0 Å². The zero-order valence-corrected chi connectivity index (χ0v) is 46.5. The second-order valence-electron chi connectivity index (χ2n) is 20.4. The van der Waals surface area contributed by atoms with Crippen molar-refractivity contribution in [1.82, 2.24) is 0 Å². The molecule has 0 amide bonds. The SMILES string of the molecule is CC/C=C\C/C=C\C/C=C\C/C=C\CCCCCCCCCCCCCCC(=O)OC(COCCCCCCCC/C=C\C/C=C\CCCCC)COC1OC(COC2OC(CO)C(O)C(O)C2O)C(O)C(O)C1O. The van der Waals surface area contributed by atoms with Crippen molar-refractivity contribution >= 4 is 5.97 Å². The quantitative estimate of drug-likeness (QED) is 0.0172. The minimum Gasteiger partial charge on any atom is -0.457 e. The van der Waals surface area contributed by atoms with Gasteiger partial charge in [0.2, 0.25) is 0 Å². The number of unbranched alkanes of at least 4 members (excludes halogenated alkanes) is 21. The van der Waals surface area contributed by atoms with Crippen molar-refractivity contribution in [3.8, 4) is 0 Å². The van der Waals surface area contributed by atoms with E-state index >= 15 is 0 Å². The van der Waals surface area contributed by atoms with Crippen LogP contribution >= 0.6 is 0 Å². The fourth-order valence-corrected chi connectivity index (χ4v) is 8.95. The third-order valence-electron chi connectivity index (χ3n) is 13.7. The average Bonchev–Trinajstić information content (AvgIpc) is 3.41. The summed E-state index contributed by atoms with van der Waals surface area (Å²) in [4.78, 5) is 13.1. The lowest BCUT2D eigenvalue weighted by Gasteiger charge is -2.42.